The second kappa shape index (κ2) is 8.10. The van der Waals surface area contributed by atoms with Gasteiger partial charge in [0.25, 0.3) is 0 Å². The Morgan fingerprint density at radius 1 is 1.24 bits per heavy atom. The van der Waals surface area contributed by atoms with Crippen LogP contribution >= 0.6 is 23.2 Å². The van der Waals surface area contributed by atoms with Crippen LogP contribution in [0.1, 0.15) is 25.8 Å². The van der Waals surface area contributed by atoms with Gasteiger partial charge in [0, 0.05) is 6.54 Å². The minimum Gasteiger partial charge on any atom is -0.480 e. The molecule has 1 rings (SSSR count). The summed E-state index contributed by atoms with van der Waals surface area (Å²) in [7, 11) is 0. The highest BCUT2D eigenvalue weighted by Gasteiger charge is 2.20. The summed E-state index contributed by atoms with van der Waals surface area (Å²) in [5.74, 6) is -0.880. The SMILES string of the molecule is CC(C)CC(NC(=O)NCc1ccc(Cl)c(Cl)c1)C(=O)O. The number of amides is 2. The van der Waals surface area contributed by atoms with E-state index in [2.05, 4.69) is 10.6 Å². The number of carbonyl (C=O) groups is 2. The molecule has 0 aromatic heterocycles. The van der Waals surface area contributed by atoms with Crippen LogP contribution in [0.25, 0.3) is 0 Å². The summed E-state index contributed by atoms with van der Waals surface area (Å²) in [6.45, 7) is 4.02. The van der Waals surface area contributed by atoms with Gasteiger partial charge in [-0.1, -0.05) is 43.1 Å². The number of rotatable bonds is 6. The highest BCUT2D eigenvalue weighted by Crippen LogP contribution is 2.22. The van der Waals surface area contributed by atoms with Gasteiger partial charge >= 0.3 is 12.0 Å². The van der Waals surface area contributed by atoms with Gasteiger partial charge < -0.3 is 15.7 Å². The Morgan fingerprint density at radius 3 is 2.43 bits per heavy atom. The van der Waals surface area contributed by atoms with E-state index in [0.717, 1.165) is 5.56 Å². The number of halogens is 2. The number of carbonyl (C=O) groups excluding carboxylic acids is 1. The molecule has 0 saturated heterocycles. The quantitative estimate of drug-likeness (QED) is 0.747. The summed E-state index contributed by atoms with van der Waals surface area (Å²) in [5, 5.41) is 14.9. The molecule has 1 aromatic carbocycles. The summed E-state index contributed by atoms with van der Waals surface area (Å²) in [6.07, 6.45) is 0.371. The third kappa shape index (κ3) is 6.23. The number of aliphatic carboxylic acids is 1. The topological polar surface area (TPSA) is 78.4 Å². The van der Waals surface area contributed by atoms with Crippen molar-refractivity contribution in [1.82, 2.24) is 10.6 Å². The number of carboxylic acids is 1. The molecule has 0 saturated carbocycles. The molecule has 1 atom stereocenters. The van der Waals surface area contributed by atoms with E-state index in [4.69, 9.17) is 28.3 Å². The zero-order valence-electron chi connectivity index (χ0n) is 11.8. The van der Waals surface area contributed by atoms with Crippen LogP contribution < -0.4 is 10.6 Å². The van der Waals surface area contributed by atoms with Gasteiger partial charge in [-0.05, 0) is 30.0 Å². The minimum absolute atomic E-state index is 0.168. The molecule has 0 radical (unpaired) electrons. The molecule has 0 bridgehead atoms. The number of benzene rings is 1. The molecule has 0 aliphatic rings. The maximum Gasteiger partial charge on any atom is 0.326 e. The average Bonchev–Trinajstić information content (AvgIpc) is 2.38. The molecular weight excluding hydrogens is 315 g/mol. The normalized spacial score (nSPS) is 12.0. The Morgan fingerprint density at radius 2 is 1.90 bits per heavy atom. The number of urea groups is 1. The molecule has 5 nitrogen and oxygen atoms in total. The predicted octanol–water partition coefficient (Wildman–Crippen LogP) is 3.29. The van der Waals surface area contributed by atoms with E-state index in [1.807, 2.05) is 13.8 Å². The average molecular weight is 333 g/mol. The van der Waals surface area contributed by atoms with E-state index >= 15 is 0 Å². The van der Waals surface area contributed by atoms with Crippen LogP contribution in [0.15, 0.2) is 18.2 Å². The summed E-state index contributed by atoms with van der Waals surface area (Å²) in [4.78, 5) is 22.8. The van der Waals surface area contributed by atoms with Crippen molar-refractivity contribution in [1.29, 1.82) is 0 Å². The predicted molar refractivity (Wildman–Crippen MR) is 82.7 cm³/mol. The molecular formula is C14H18Cl2N2O3. The number of nitrogens with one attached hydrogen (secondary N) is 2. The Bertz CT molecular complexity index is 521. The molecule has 116 valence electrons. The molecule has 0 spiro atoms. The lowest BCUT2D eigenvalue weighted by Crippen LogP contribution is -2.46. The molecule has 21 heavy (non-hydrogen) atoms. The van der Waals surface area contributed by atoms with E-state index in [-0.39, 0.29) is 12.5 Å². The van der Waals surface area contributed by atoms with Gasteiger partial charge in [-0.3, -0.25) is 0 Å². The second-order valence-corrected chi connectivity index (χ2v) is 5.91. The first-order chi connectivity index (χ1) is 9.79. The molecule has 0 heterocycles. The first-order valence-corrected chi connectivity index (χ1v) is 7.26. The molecule has 1 unspecified atom stereocenters. The Balaban J connectivity index is 2.52. The van der Waals surface area contributed by atoms with Crippen LogP contribution in [-0.4, -0.2) is 23.1 Å². The van der Waals surface area contributed by atoms with Crippen LogP contribution in [0.5, 0.6) is 0 Å². The lowest BCUT2D eigenvalue weighted by Gasteiger charge is -2.17. The smallest absolute Gasteiger partial charge is 0.326 e. The van der Waals surface area contributed by atoms with Crippen molar-refractivity contribution >= 4 is 35.2 Å². The number of hydrogen-bond acceptors (Lipinski definition) is 2. The van der Waals surface area contributed by atoms with Crippen molar-refractivity contribution in [2.75, 3.05) is 0 Å². The molecule has 7 heteroatoms. The largest absolute Gasteiger partial charge is 0.480 e. The minimum atomic E-state index is -1.05. The second-order valence-electron chi connectivity index (χ2n) is 5.10. The van der Waals surface area contributed by atoms with E-state index in [0.29, 0.717) is 16.5 Å². The van der Waals surface area contributed by atoms with Gasteiger partial charge in [-0.2, -0.15) is 0 Å². The first kappa shape index (κ1) is 17.6. The fraction of sp³-hybridized carbons (Fsp3) is 0.429. The van der Waals surface area contributed by atoms with Crippen LogP contribution in [0.2, 0.25) is 10.0 Å². The monoisotopic (exact) mass is 332 g/mol. The van der Waals surface area contributed by atoms with Gasteiger partial charge in [0.05, 0.1) is 10.0 Å². The summed E-state index contributed by atoms with van der Waals surface area (Å²) in [5.41, 5.74) is 0.773. The van der Waals surface area contributed by atoms with Gasteiger partial charge in [0.15, 0.2) is 0 Å². The third-order valence-corrected chi connectivity index (χ3v) is 3.49. The number of carboxylic acid groups (broad SMARTS) is 1. The highest BCUT2D eigenvalue weighted by atomic mass is 35.5. The fourth-order valence-corrected chi connectivity index (χ4v) is 2.05. The molecule has 0 fully saturated rings. The van der Waals surface area contributed by atoms with Crippen molar-refractivity contribution in [3.63, 3.8) is 0 Å². The Hall–Kier alpha value is -1.46. The third-order valence-electron chi connectivity index (χ3n) is 2.75. The van der Waals surface area contributed by atoms with Gasteiger partial charge in [-0.25, -0.2) is 9.59 Å². The van der Waals surface area contributed by atoms with Crippen molar-refractivity contribution in [2.45, 2.75) is 32.9 Å². The van der Waals surface area contributed by atoms with Crippen molar-refractivity contribution in [3.8, 4) is 0 Å². The lowest BCUT2D eigenvalue weighted by atomic mass is 10.0. The van der Waals surface area contributed by atoms with Crippen LogP contribution in [0.3, 0.4) is 0 Å². The van der Waals surface area contributed by atoms with Gasteiger partial charge in [0.1, 0.15) is 6.04 Å². The Labute approximate surface area is 133 Å². The van der Waals surface area contributed by atoms with E-state index in [1.54, 1.807) is 18.2 Å². The van der Waals surface area contributed by atoms with Gasteiger partial charge in [0.2, 0.25) is 0 Å². The fourth-order valence-electron chi connectivity index (χ4n) is 1.73. The van der Waals surface area contributed by atoms with E-state index in [1.165, 1.54) is 0 Å². The summed E-state index contributed by atoms with van der Waals surface area (Å²) in [6, 6.07) is 3.58. The summed E-state index contributed by atoms with van der Waals surface area (Å²) < 4.78 is 0. The van der Waals surface area contributed by atoms with Crippen molar-refractivity contribution < 1.29 is 14.7 Å². The molecule has 1 aromatic rings. The first-order valence-electron chi connectivity index (χ1n) is 6.50. The van der Waals surface area contributed by atoms with Crippen LogP contribution in [-0.2, 0) is 11.3 Å². The molecule has 3 N–H and O–H groups in total. The zero-order valence-corrected chi connectivity index (χ0v) is 13.3. The number of hydrogen-bond donors (Lipinski definition) is 3. The Kier molecular flexibility index (Phi) is 6.78. The van der Waals surface area contributed by atoms with Crippen molar-refractivity contribution in [3.05, 3.63) is 33.8 Å². The highest BCUT2D eigenvalue weighted by molar-refractivity contribution is 6.42. The molecule has 0 aliphatic carbocycles. The van der Waals surface area contributed by atoms with Crippen LogP contribution in [0, 0.1) is 5.92 Å². The molecule has 0 aliphatic heterocycles. The van der Waals surface area contributed by atoms with E-state index in [9.17, 15) is 9.59 Å². The maximum absolute atomic E-state index is 11.7. The van der Waals surface area contributed by atoms with Crippen LogP contribution in [0.4, 0.5) is 4.79 Å². The zero-order chi connectivity index (χ0) is 16.0. The van der Waals surface area contributed by atoms with Gasteiger partial charge in [-0.15, -0.1) is 0 Å². The van der Waals surface area contributed by atoms with E-state index < -0.39 is 18.0 Å². The maximum atomic E-state index is 11.7. The summed E-state index contributed by atoms with van der Waals surface area (Å²) >= 11 is 11.7. The lowest BCUT2D eigenvalue weighted by molar-refractivity contribution is -0.139. The standard InChI is InChI=1S/C14H18Cl2N2O3/c1-8(2)5-12(13(19)20)18-14(21)17-7-9-3-4-10(15)11(16)6-9/h3-4,6,8,12H,5,7H2,1-2H3,(H,19,20)(H2,17,18,21). The van der Waals surface area contributed by atoms with Crippen molar-refractivity contribution in [2.24, 2.45) is 5.92 Å². The molecule has 2 amide bonds.